The Kier molecular flexibility index (Phi) is 11.5. The second-order valence-corrected chi connectivity index (χ2v) is 12.6. The number of ether oxygens (including phenoxy) is 4. The van der Waals surface area contributed by atoms with Crippen molar-refractivity contribution in [3.8, 4) is 46.7 Å². The Bertz CT molecular complexity index is 2030. The molecule has 0 amide bonds. The van der Waals surface area contributed by atoms with E-state index in [9.17, 15) is 0 Å². The van der Waals surface area contributed by atoms with Crippen LogP contribution < -0.4 is 29.6 Å². The summed E-state index contributed by atoms with van der Waals surface area (Å²) < 4.78 is 22.3. The predicted molar refractivity (Wildman–Crippen MR) is 219 cm³/mol. The van der Waals surface area contributed by atoms with Gasteiger partial charge in [-0.15, -0.1) is 0 Å². The van der Waals surface area contributed by atoms with E-state index < -0.39 is 10.8 Å². The van der Waals surface area contributed by atoms with Crippen molar-refractivity contribution in [3.05, 3.63) is 179 Å². The van der Waals surface area contributed by atoms with Crippen molar-refractivity contribution in [1.29, 1.82) is 0 Å². The van der Waals surface area contributed by atoms with Crippen molar-refractivity contribution in [3.63, 3.8) is 0 Å². The normalized spacial score (nSPS) is 10.9. The number of rotatable bonds is 12. The molecule has 0 unspecified atom stereocenters. The summed E-state index contributed by atoms with van der Waals surface area (Å²) in [6, 6.07) is 49.0. The van der Waals surface area contributed by atoms with Crippen molar-refractivity contribution in [2.45, 2.75) is 10.8 Å². The summed E-state index contributed by atoms with van der Waals surface area (Å²) >= 11 is 0. The Morgan fingerprint density at radius 2 is 0.648 bits per heavy atom. The molecule has 0 bridgehead atoms. The lowest BCUT2D eigenvalue weighted by Crippen LogP contribution is -2.28. The zero-order valence-electron chi connectivity index (χ0n) is 31.5. The first kappa shape index (κ1) is 37.0. The maximum Gasteiger partial charge on any atom is 0.118 e. The lowest BCUT2D eigenvalue weighted by Gasteiger charge is -2.32. The summed E-state index contributed by atoms with van der Waals surface area (Å²) in [7, 11) is 10.5. The van der Waals surface area contributed by atoms with Crippen LogP contribution in [0.2, 0.25) is 0 Å². The molecular weight excluding hydrogens is 669 g/mol. The molecule has 6 nitrogen and oxygen atoms in total. The molecule has 0 fully saturated rings. The fraction of sp³-hybridized carbons (Fsp3) is 0.167. The van der Waals surface area contributed by atoms with Crippen molar-refractivity contribution < 1.29 is 18.9 Å². The Labute approximate surface area is 319 Å². The molecule has 0 aromatic heterocycles. The van der Waals surface area contributed by atoms with Crippen molar-refractivity contribution in [2.24, 2.45) is 0 Å². The molecule has 0 spiro atoms. The summed E-state index contributed by atoms with van der Waals surface area (Å²) in [5.74, 6) is 17.2. The molecule has 0 saturated carbocycles. The van der Waals surface area contributed by atoms with Crippen LogP contribution in [0.1, 0.15) is 33.4 Å². The van der Waals surface area contributed by atoms with Gasteiger partial charge in [-0.2, -0.15) is 0 Å². The number of anilines is 2. The maximum absolute atomic E-state index is 5.56. The molecule has 0 atom stereocenters. The first-order valence-electron chi connectivity index (χ1n) is 17.6. The van der Waals surface area contributed by atoms with Gasteiger partial charge in [-0.1, -0.05) is 84.6 Å². The van der Waals surface area contributed by atoms with Crippen LogP contribution in [0.25, 0.3) is 0 Å². The predicted octanol–water partition coefficient (Wildman–Crippen LogP) is 9.18. The van der Waals surface area contributed by atoms with Crippen LogP contribution in [-0.4, -0.2) is 42.5 Å². The third-order valence-electron chi connectivity index (χ3n) is 9.82. The number of benzene rings is 6. The second kappa shape index (κ2) is 16.7. The minimum Gasteiger partial charge on any atom is -0.497 e. The van der Waals surface area contributed by atoms with Crippen molar-refractivity contribution in [2.75, 3.05) is 53.2 Å². The average Bonchev–Trinajstić information content (AvgIpc) is 3.25. The second-order valence-electron chi connectivity index (χ2n) is 12.6. The summed E-state index contributed by atoms with van der Waals surface area (Å²) in [6.45, 7) is 0. The number of hydrogen-bond acceptors (Lipinski definition) is 6. The van der Waals surface area contributed by atoms with Gasteiger partial charge < -0.3 is 29.6 Å². The zero-order chi connectivity index (χ0) is 38.0. The van der Waals surface area contributed by atoms with Crippen LogP contribution in [0.5, 0.6) is 23.0 Å². The average molecular weight is 713 g/mol. The number of hydrogen-bond donors (Lipinski definition) is 2. The lowest BCUT2D eigenvalue weighted by molar-refractivity contribution is 0.414. The van der Waals surface area contributed by atoms with Crippen LogP contribution >= 0.6 is 0 Å². The van der Waals surface area contributed by atoms with E-state index in [-0.39, 0.29) is 0 Å². The van der Waals surface area contributed by atoms with E-state index in [0.717, 1.165) is 67.8 Å². The minimum absolute atomic E-state index is 0.756. The SMILES string of the molecule is CNc1cccc(C(C#CC#CC(c2ccc(OC)cc2)(c2ccc(OC)cc2)c2cccc(NC)c2)(c2ccc(OC)cc2)c2ccc(OC)cc2)c1. The van der Waals surface area contributed by atoms with E-state index >= 15 is 0 Å². The molecule has 54 heavy (non-hydrogen) atoms. The van der Waals surface area contributed by atoms with Gasteiger partial charge in [-0.25, -0.2) is 0 Å². The van der Waals surface area contributed by atoms with Gasteiger partial charge in [0.2, 0.25) is 0 Å². The standard InChI is InChI=1S/C48H44N2O4/c1-49-41-13-9-11-39(33-41)47(35-15-23-43(51-3)24-16-35,36-17-25-44(52-4)26-18-36)31-7-8-32-48(37-19-27-45(53-5)28-20-37,38-21-29-46(54-6)30-22-38)40-12-10-14-42(34-40)50-2/h9-30,33-34,49-50H,1-6H3. The Hall–Kier alpha value is -6.76. The van der Waals surface area contributed by atoms with Crippen LogP contribution in [0, 0.1) is 23.7 Å². The van der Waals surface area contributed by atoms with Gasteiger partial charge in [0.15, 0.2) is 0 Å². The van der Waals surface area contributed by atoms with Gasteiger partial charge in [-0.05, 0) is 118 Å². The van der Waals surface area contributed by atoms with E-state index in [2.05, 4.69) is 107 Å². The lowest BCUT2D eigenvalue weighted by atomic mass is 9.69. The monoisotopic (exact) mass is 712 g/mol. The molecule has 0 aliphatic rings. The highest BCUT2D eigenvalue weighted by Gasteiger charge is 2.37. The number of methoxy groups -OCH3 is 4. The van der Waals surface area contributed by atoms with Gasteiger partial charge in [0.1, 0.15) is 33.8 Å². The van der Waals surface area contributed by atoms with Gasteiger partial charge in [0, 0.05) is 25.5 Å². The van der Waals surface area contributed by atoms with E-state index in [1.165, 1.54) is 0 Å². The van der Waals surface area contributed by atoms with Gasteiger partial charge in [0.25, 0.3) is 0 Å². The highest BCUT2D eigenvalue weighted by Crippen LogP contribution is 2.43. The smallest absolute Gasteiger partial charge is 0.118 e. The zero-order valence-corrected chi connectivity index (χ0v) is 31.5. The van der Waals surface area contributed by atoms with E-state index in [0.29, 0.717) is 0 Å². The van der Waals surface area contributed by atoms with E-state index in [1.54, 1.807) is 28.4 Å². The fourth-order valence-corrected chi connectivity index (χ4v) is 6.86. The molecule has 0 aliphatic carbocycles. The van der Waals surface area contributed by atoms with Crippen LogP contribution in [-0.2, 0) is 10.8 Å². The van der Waals surface area contributed by atoms with Crippen molar-refractivity contribution in [1.82, 2.24) is 0 Å². The molecular formula is C48H44N2O4. The molecule has 6 rings (SSSR count). The van der Waals surface area contributed by atoms with Crippen LogP contribution in [0.3, 0.4) is 0 Å². The Morgan fingerprint density at radius 3 is 0.889 bits per heavy atom. The van der Waals surface area contributed by atoms with Gasteiger partial charge in [-0.3, -0.25) is 0 Å². The number of nitrogens with one attached hydrogen (secondary N) is 2. The summed E-state index contributed by atoms with van der Waals surface area (Å²) in [5.41, 5.74) is 5.93. The Balaban J connectivity index is 1.67. The van der Waals surface area contributed by atoms with Gasteiger partial charge in [0.05, 0.1) is 28.4 Å². The van der Waals surface area contributed by atoms with Crippen LogP contribution in [0.15, 0.2) is 146 Å². The van der Waals surface area contributed by atoms with Crippen LogP contribution in [0.4, 0.5) is 11.4 Å². The molecule has 0 radical (unpaired) electrons. The van der Waals surface area contributed by atoms with Gasteiger partial charge >= 0.3 is 0 Å². The minimum atomic E-state index is -0.922. The molecule has 6 aromatic carbocycles. The summed E-state index contributed by atoms with van der Waals surface area (Å²) in [6.07, 6.45) is 0. The molecule has 0 heterocycles. The molecule has 0 aliphatic heterocycles. The highest BCUT2D eigenvalue weighted by molar-refractivity contribution is 5.66. The third-order valence-corrected chi connectivity index (χ3v) is 9.82. The Morgan fingerprint density at radius 1 is 0.370 bits per heavy atom. The molecule has 2 N–H and O–H groups in total. The third kappa shape index (κ3) is 7.29. The first-order valence-corrected chi connectivity index (χ1v) is 17.6. The quantitative estimate of drug-likeness (QED) is 0.0975. The maximum atomic E-state index is 5.56. The summed E-state index contributed by atoms with van der Waals surface area (Å²) in [4.78, 5) is 0. The highest BCUT2D eigenvalue weighted by atomic mass is 16.5. The molecule has 6 aromatic rings. The van der Waals surface area contributed by atoms with Crippen molar-refractivity contribution >= 4 is 11.4 Å². The largest absolute Gasteiger partial charge is 0.497 e. The molecule has 270 valence electrons. The van der Waals surface area contributed by atoms with E-state index in [1.807, 2.05) is 86.9 Å². The van der Waals surface area contributed by atoms with E-state index in [4.69, 9.17) is 18.9 Å². The molecule has 0 saturated heterocycles. The topological polar surface area (TPSA) is 61.0 Å². The fourth-order valence-electron chi connectivity index (χ4n) is 6.86. The first-order chi connectivity index (χ1) is 26.4. The molecule has 6 heteroatoms. The summed E-state index contributed by atoms with van der Waals surface area (Å²) in [5, 5.41) is 6.61.